The van der Waals surface area contributed by atoms with E-state index in [0.717, 1.165) is 9.99 Å². The molecule has 0 heterocycles. The minimum Gasteiger partial charge on any atom is -0.352 e. The molecule has 19 heavy (non-hydrogen) atoms. The Labute approximate surface area is 126 Å². The van der Waals surface area contributed by atoms with E-state index in [1.54, 1.807) is 0 Å². The number of primary amides is 1. The van der Waals surface area contributed by atoms with Crippen LogP contribution in [0.4, 0.5) is 10.5 Å². The number of carbonyl (C=O) groups is 2. The summed E-state index contributed by atoms with van der Waals surface area (Å²) in [5.41, 5.74) is 5.80. The number of carbonyl (C=O) groups excluding carboxylic acids is 2. The molecule has 1 aromatic rings. The van der Waals surface area contributed by atoms with Crippen LogP contribution in [-0.4, -0.2) is 18.0 Å². The summed E-state index contributed by atoms with van der Waals surface area (Å²) in [5, 5.41) is 5.26. The lowest BCUT2D eigenvalue weighted by Crippen LogP contribution is -2.49. The van der Waals surface area contributed by atoms with Crippen molar-refractivity contribution in [2.24, 2.45) is 11.7 Å². The van der Waals surface area contributed by atoms with Gasteiger partial charge >= 0.3 is 6.03 Å². The number of rotatable bonds is 5. The molecule has 104 valence electrons. The van der Waals surface area contributed by atoms with Crippen LogP contribution < -0.4 is 16.4 Å². The van der Waals surface area contributed by atoms with E-state index in [9.17, 15) is 9.59 Å². The fraction of sp³-hybridized carbons (Fsp3) is 0.385. The van der Waals surface area contributed by atoms with Crippen molar-refractivity contribution in [2.45, 2.75) is 26.3 Å². The van der Waals surface area contributed by atoms with E-state index >= 15 is 0 Å². The predicted octanol–water partition coefficient (Wildman–Crippen LogP) is 2.31. The Kier molecular flexibility index (Phi) is 6.07. The summed E-state index contributed by atoms with van der Waals surface area (Å²) in [6.07, 6.45) is 0.769. The third-order valence-corrected chi connectivity index (χ3v) is 3.62. The number of nitrogens with one attached hydrogen (secondary N) is 2. The molecule has 1 rings (SSSR count). The molecule has 2 atom stereocenters. The Balaban J connectivity index is 2.76. The second kappa shape index (κ2) is 7.32. The predicted molar refractivity (Wildman–Crippen MR) is 83.8 cm³/mol. The second-order valence-electron chi connectivity index (χ2n) is 4.37. The van der Waals surface area contributed by atoms with Crippen LogP contribution in [0.15, 0.2) is 24.3 Å². The van der Waals surface area contributed by atoms with E-state index in [2.05, 4.69) is 33.2 Å². The topological polar surface area (TPSA) is 84.2 Å². The lowest BCUT2D eigenvalue weighted by molar-refractivity contribution is -0.119. The minimum atomic E-state index is -0.692. The van der Waals surface area contributed by atoms with Crippen LogP contribution in [0, 0.1) is 9.49 Å². The average Bonchev–Trinajstić information content (AvgIpc) is 2.37. The highest BCUT2D eigenvalue weighted by Gasteiger charge is 2.25. The highest BCUT2D eigenvalue weighted by atomic mass is 127. The number of halogens is 1. The van der Waals surface area contributed by atoms with Gasteiger partial charge in [0.25, 0.3) is 0 Å². The molecule has 1 aromatic carbocycles. The number of benzene rings is 1. The Morgan fingerprint density at radius 2 is 1.89 bits per heavy atom. The van der Waals surface area contributed by atoms with Gasteiger partial charge in [0.2, 0.25) is 5.91 Å². The van der Waals surface area contributed by atoms with E-state index in [1.165, 1.54) is 0 Å². The first kappa shape index (κ1) is 15.7. The van der Waals surface area contributed by atoms with Gasteiger partial charge in [0, 0.05) is 9.26 Å². The molecule has 6 heteroatoms. The zero-order chi connectivity index (χ0) is 14.4. The third-order valence-electron chi connectivity index (χ3n) is 2.90. The lowest BCUT2D eigenvalue weighted by atomic mass is 9.98. The number of amides is 3. The standard InChI is InChI=1S/C13H18IN3O2/c1-3-8(2)11(17-13(15)19)12(18)16-10-6-4-9(14)5-7-10/h4-8,11H,3H2,1-2H3,(H,16,18)(H3,15,17,19). The van der Waals surface area contributed by atoms with Gasteiger partial charge in [0.05, 0.1) is 0 Å². The minimum absolute atomic E-state index is 0.0105. The number of urea groups is 1. The smallest absolute Gasteiger partial charge is 0.312 e. The molecule has 0 saturated carbocycles. The molecule has 2 unspecified atom stereocenters. The molecule has 3 amide bonds. The molecular weight excluding hydrogens is 357 g/mol. The first-order chi connectivity index (χ1) is 8.93. The van der Waals surface area contributed by atoms with Gasteiger partial charge in [-0.25, -0.2) is 4.79 Å². The molecule has 0 aliphatic rings. The third kappa shape index (κ3) is 5.06. The van der Waals surface area contributed by atoms with E-state index in [0.29, 0.717) is 5.69 Å². The number of nitrogens with two attached hydrogens (primary N) is 1. The largest absolute Gasteiger partial charge is 0.352 e. The van der Waals surface area contributed by atoms with Crippen molar-refractivity contribution in [1.82, 2.24) is 5.32 Å². The van der Waals surface area contributed by atoms with Crippen molar-refractivity contribution in [3.8, 4) is 0 Å². The van der Waals surface area contributed by atoms with E-state index in [-0.39, 0.29) is 11.8 Å². The second-order valence-corrected chi connectivity index (χ2v) is 5.61. The maximum atomic E-state index is 12.2. The van der Waals surface area contributed by atoms with Crippen LogP contribution in [0.2, 0.25) is 0 Å². The van der Waals surface area contributed by atoms with Crippen molar-refractivity contribution in [3.63, 3.8) is 0 Å². The van der Waals surface area contributed by atoms with Crippen LogP contribution in [0.3, 0.4) is 0 Å². The van der Waals surface area contributed by atoms with Gasteiger partial charge in [0.15, 0.2) is 0 Å². The zero-order valence-electron chi connectivity index (χ0n) is 10.9. The molecule has 0 spiro atoms. The normalized spacial score (nSPS) is 13.4. The maximum absolute atomic E-state index is 12.2. The average molecular weight is 375 g/mol. The van der Waals surface area contributed by atoms with Gasteiger partial charge in [-0.15, -0.1) is 0 Å². The van der Waals surface area contributed by atoms with Gasteiger partial charge in [0.1, 0.15) is 6.04 Å². The van der Waals surface area contributed by atoms with E-state index in [4.69, 9.17) is 5.73 Å². The van der Waals surface area contributed by atoms with Crippen molar-refractivity contribution >= 4 is 40.2 Å². The first-order valence-corrected chi connectivity index (χ1v) is 7.14. The number of hydrogen-bond acceptors (Lipinski definition) is 2. The van der Waals surface area contributed by atoms with Gasteiger partial charge in [-0.3, -0.25) is 4.79 Å². The van der Waals surface area contributed by atoms with E-state index < -0.39 is 12.1 Å². The van der Waals surface area contributed by atoms with Crippen LogP contribution in [-0.2, 0) is 4.79 Å². The number of hydrogen-bond donors (Lipinski definition) is 3. The van der Waals surface area contributed by atoms with Gasteiger partial charge < -0.3 is 16.4 Å². The number of anilines is 1. The molecule has 0 aromatic heterocycles. The summed E-state index contributed by atoms with van der Waals surface area (Å²) in [7, 11) is 0. The van der Waals surface area contributed by atoms with Gasteiger partial charge in [-0.05, 0) is 52.8 Å². The Bertz CT molecular complexity index is 448. The fourth-order valence-corrected chi connectivity index (χ4v) is 1.97. The molecular formula is C13H18IN3O2. The molecule has 0 aliphatic heterocycles. The summed E-state index contributed by atoms with van der Waals surface area (Å²) in [5.74, 6) is -0.245. The molecule has 0 bridgehead atoms. The van der Waals surface area contributed by atoms with Crippen LogP contribution in [0.25, 0.3) is 0 Å². The van der Waals surface area contributed by atoms with Crippen molar-refractivity contribution < 1.29 is 9.59 Å². The SMILES string of the molecule is CCC(C)C(NC(N)=O)C(=O)Nc1ccc(I)cc1. The molecule has 0 radical (unpaired) electrons. The summed E-state index contributed by atoms with van der Waals surface area (Å²) >= 11 is 2.19. The molecule has 0 fully saturated rings. The quantitative estimate of drug-likeness (QED) is 0.690. The van der Waals surface area contributed by atoms with Crippen molar-refractivity contribution in [2.75, 3.05) is 5.32 Å². The zero-order valence-corrected chi connectivity index (χ0v) is 13.1. The Hall–Kier alpha value is -1.31. The monoisotopic (exact) mass is 375 g/mol. The highest BCUT2D eigenvalue weighted by molar-refractivity contribution is 14.1. The summed E-state index contributed by atoms with van der Waals surface area (Å²) in [6.45, 7) is 3.85. The van der Waals surface area contributed by atoms with Gasteiger partial charge in [-0.1, -0.05) is 20.3 Å². The molecule has 5 nitrogen and oxygen atoms in total. The summed E-state index contributed by atoms with van der Waals surface area (Å²) in [6, 6.07) is 6.12. The highest BCUT2D eigenvalue weighted by Crippen LogP contribution is 2.14. The van der Waals surface area contributed by atoms with Gasteiger partial charge in [-0.2, -0.15) is 0 Å². The maximum Gasteiger partial charge on any atom is 0.312 e. The van der Waals surface area contributed by atoms with Crippen molar-refractivity contribution in [1.29, 1.82) is 0 Å². The fourth-order valence-electron chi connectivity index (χ4n) is 1.61. The lowest BCUT2D eigenvalue weighted by Gasteiger charge is -2.22. The summed E-state index contributed by atoms with van der Waals surface area (Å²) in [4.78, 5) is 23.1. The first-order valence-electron chi connectivity index (χ1n) is 6.06. The molecule has 4 N–H and O–H groups in total. The van der Waals surface area contributed by atoms with Crippen LogP contribution >= 0.6 is 22.6 Å². The molecule has 0 aliphatic carbocycles. The summed E-state index contributed by atoms with van der Waals surface area (Å²) < 4.78 is 1.09. The Morgan fingerprint density at radius 1 is 1.32 bits per heavy atom. The van der Waals surface area contributed by atoms with Crippen LogP contribution in [0.5, 0.6) is 0 Å². The van der Waals surface area contributed by atoms with Crippen LogP contribution in [0.1, 0.15) is 20.3 Å². The van der Waals surface area contributed by atoms with Crippen molar-refractivity contribution in [3.05, 3.63) is 27.8 Å². The molecule has 0 saturated heterocycles. The Morgan fingerprint density at radius 3 is 2.37 bits per heavy atom. The van der Waals surface area contributed by atoms with E-state index in [1.807, 2.05) is 38.1 Å².